The molecule has 1 N–H and O–H groups in total. The number of likely N-dealkylation sites (N-methyl/N-ethyl adjacent to an activating group) is 1. The molecule has 4 nitrogen and oxygen atoms in total. The van der Waals surface area contributed by atoms with E-state index < -0.39 is 0 Å². The van der Waals surface area contributed by atoms with E-state index in [0.717, 1.165) is 12.8 Å². The van der Waals surface area contributed by atoms with Crippen LogP contribution in [0.4, 0.5) is 0 Å². The van der Waals surface area contributed by atoms with Gasteiger partial charge in [0.2, 0.25) is 0 Å². The first-order chi connectivity index (χ1) is 9.81. The number of rotatable bonds is 7. The zero-order valence-corrected chi connectivity index (χ0v) is 12.8. The van der Waals surface area contributed by atoms with Crippen molar-refractivity contribution in [1.29, 1.82) is 0 Å². The second kappa shape index (κ2) is 7.72. The smallest absolute Gasteiger partial charge is 0.173 e. The van der Waals surface area contributed by atoms with Crippen LogP contribution in [0.5, 0.6) is 0 Å². The van der Waals surface area contributed by atoms with Crippen molar-refractivity contribution in [3.63, 3.8) is 0 Å². The molecule has 0 fully saturated rings. The molecule has 0 saturated heterocycles. The van der Waals surface area contributed by atoms with Crippen molar-refractivity contribution in [2.75, 3.05) is 20.3 Å². The fourth-order valence-electron chi connectivity index (χ4n) is 3.11. The van der Waals surface area contributed by atoms with Crippen molar-refractivity contribution in [2.24, 2.45) is 0 Å². The number of nitrogens with zero attached hydrogens (tertiary/aromatic N) is 1. The van der Waals surface area contributed by atoms with Gasteiger partial charge in [-0.05, 0) is 51.8 Å². The van der Waals surface area contributed by atoms with Gasteiger partial charge < -0.3 is 14.8 Å². The number of ether oxygens (including phenoxy) is 2. The first-order valence-electron chi connectivity index (χ1n) is 7.66. The molecule has 20 heavy (non-hydrogen) atoms. The quantitative estimate of drug-likeness (QED) is 0.778. The molecule has 1 aromatic heterocycles. The van der Waals surface area contributed by atoms with Gasteiger partial charge in [0.1, 0.15) is 0 Å². The minimum atomic E-state index is -0.215. The molecule has 0 saturated carbocycles. The molecule has 1 aliphatic rings. The standard InChI is InChI=1S/C16H26N2O2/c1-4-19-16(20-5-2)15(17-3)13-10-6-8-12-9-7-11-18-14(12)13/h7,9,11,13,15-17H,4-6,8,10H2,1-3H3. The molecule has 2 unspecified atom stereocenters. The third-order valence-electron chi connectivity index (χ3n) is 3.96. The molecule has 0 amide bonds. The summed E-state index contributed by atoms with van der Waals surface area (Å²) in [6.07, 6.45) is 5.14. The Morgan fingerprint density at radius 2 is 2.10 bits per heavy atom. The summed E-state index contributed by atoms with van der Waals surface area (Å²) in [5, 5.41) is 3.39. The van der Waals surface area contributed by atoms with Gasteiger partial charge in [0, 0.05) is 31.0 Å². The predicted octanol–water partition coefficient (Wildman–Crippen LogP) is 2.49. The first-order valence-corrected chi connectivity index (χ1v) is 7.66. The fraction of sp³-hybridized carbons (Fsp3) is 0.688. The van der Waals surface area contributed by atoms with E-state index in [-0.39, 0.29) is 12.3 Å². The molecular weight excluding hydrogens is 252 g/mol. The summed E-state index contributed by atoms with van der Waals surface area (Å²) in [7, 11) is 1.98. The molecule has 0 aromatic carbocycles. The Kier molecular flexibility index (Phi) is 5.95. The largest absolute Gasteiger partial charge is 0.351 e. The highest BCUT2D eigenvalue weighted by atomic mass is 16.7. The van der Waals surface area contributed by atoms with Crippen LogP contribution in [0.3, 0.4) is 0 Å². The lowest BCUT2D eigenvalue weighted by atomic mass is 9.81. The number of aryl methyl sites for hydroxylation is 1. The molecule has 0 bridgehead atoms. The number of fused-ring (bicyclic) bond motifs is 1. The van der Waals surface area contributed by atoms with Crippen LogP contribution in [0.2, 0.25) is 0 Å². The van der Waals surface area contributed by atoms with Gasteiger partial charge in [-0.15, -0.1) is 0 Å². The van der Waals surface area contributed by atoms with Crippen molar-refractivity contribution in [2.45, 2.75) is 51.4 Å². The van der Waals surface area contributed by atoms with Crippen LogP contribution < -0.4 is 5.32 Å². The highest BCUT2D eigenvalue weighted by molar-refractivity contribution is 5.27. The van der Waals surface area contributed by atoms with E-state index in [9.17, 15) is 0 Å². The molecular formula is C16H26N2O2. The van der Waals surface area contributed by atoms with Gasteiger partial charge in [0.15, 0.2) is 6.29 Å². The predicted molar refractivity (Wildman–Crippen MR) is 79.8 cm³/mol. The highest BCUT2D eigenvalue weighted by Gasteiger charge is 2.34. The summed E-state index contributed by atoms with van der Waals surface area (Å²) < 4.78 is 11.6. The third kappa shape index (κ3) is 3.37. The van der Waals surface area contributed by atoms with Crippen LogP contribution in [0.1, 0.15) is 43.9 Å². The Hall–Kier alpha value is -0.970. The van der Waals surface area contributed by atoms with Crippen LogP contribution in [0, 0.1) is 0 Å². The van der Waals surface area contributed by atoms with E-state index in [4.69, 9.17) is 9.47 Å². The van der Waals surface area contributed by atoms with Crippen molar-refractivity contribution in [1.82, 2.24) is 10.3 Å². The first kappa shape index (κ1) is 15.4. The van der Waals surface area contributed by atoms with E-state index in [0.29, 0.717) is 19.1 Å². The average molecular weight is 278 g/mol. The molecule has 0 aliphatic heterocycles. The van der Waals surface area contributed by atoms with Gasteiger partial charge in [-0.25, -0.2) is 0 Å². The number of nitrogens with one attached hydrogen (secondary N) is 1. The summed E-state index contributed by atoms with van der Waals surface area (Å²) in [5.41, 5.74) is 2.58. The van der Waals surface area contributed by atoms with Crippen LogP contribution in [-0.2, 0) is 15.9 Å². The van der Waals surface area contributed by atoms with Crippen LogP contribution in [-0.4, -0.2) is 37.6 Å². The number of hydrogen-bond acceptors (Lipinski definition) is 4. The molecule has 1 aliphatic carbocycles. The topological polar surface area (TPSA) is 43.4 Å². The van der Waals surface area contributed by atoms with E-state index in [1.165, 1.54) is 17.7 Å². The molecule has 2 atom stereocenters. The zero-order chi connectivity index (χ0) is 14.4. The number of aromatic nitrogens is 1. The Bertz CT molecular complexity index is 405. The SMILES string of the molecule is CCOC(OCC)C(NC)C1CCCc2cccnc21. The van der Waals surface area contributed by atoms with Gasteiger partial charge in [0.25, 0.3) is 0 Å². The van der Waals surface area contributed by atoms with Crippen molar-refractivity contribution in [3.8, 4) is 0 Å². The van der Waals surface area contributed by atoms with E-state index in [2.05, 4.69) is 16.4 Å². The Morgan fingerprint density at radius 1 is 1.35 bits per heavy atom. The van der Waals surface area contributed by atoms with Crippen molar-refractivity contribution >= 4 is 0 Å². The zero-order valence-electron chi connectivity index (χ0n) is 12.8. The van der Waals surface area contributed by atoms with Crippen LogP contribution >= 0.6 is 0 Å². The summed E-state index contributed by atoms with van der Waals surface area (Å²) >= 11 is 0. The highest BCUT2D eigenvalue weighted by Crippen LogP contribution is 2.34. The maximum atomic E-state index is 5.79. The number of pyridine rings is 1. The lowest BCUT2D eigenvalue weighted by molar-refractivity contribution is -0.157. The lowest BCUT2D eigenvalue weighted by Crippen LogP contribution is -2.46. The summed E-state index contributed by atoms with van der Waals surface area (Å²) in [6.45, 7) is 5.33. The van der Waals surface area contributed by atoms with Gasteiger partial charge in [-0.1, -0.05) is 6.07 Å². The minimum absolute atomic E-state index is 0.142. The maximum absolute atomic E-state index is 5.79. The Morgan fingerprint density at radius 3 is 2.75 bits per heavy atom. The maximum Gasteiger partial charge on any atom is 0.173 e. The molecule has 1 heterocycles. The minimum Gasteiger partial charge on any atom is -0.351 e. The Labute approximate surface area is 121 Å². The van der Waals surface area contributed by atoms with Gasteiger partial charge >= 0.3 is 0 Å². The van der Waals surface area contributed by atoms with Gasteiger partial charge in [-0.2, -0.15) is 0 Å². The lowest BCUT2D eigenvalue weighted by Gasteiger charge is -2.35. The van der Waals surface area contributed by atoms with E-state index in [1.54, 1.807) is 0 Å². The van der Waals surface area contributed by atoms with E-state index >= 15 is 0 Å². The average Bonchev–Trinajstić information content (AvgIpc) is 2.49. The molecule has 0 radical (unpaired) electrons. The molecule has 2 rings (SSSR count). The molecule has 4 heteroatoms. The number of hydrogen-bond donors (Lipinski definition) is 1. The Balaban J connectivity index is 2.23. The summed E-state index contributed by atoms with van der Waals surface area (Å²) in [5.74, 6) is 0.355. The normalized spacial score (nSPS) is 19.9. The second-order valence-electron chi connectivity index (χ2n) is 5.14. The van der Waals surface area contributed by atoms with Crippen molar-refractivity contribution < 1.29 is 9.47 Å². The van der Waals surface area contributed by atoms with Gasteiger partial charge in [0.05, 0.1) is 6.04 Å². The molecule has 0 spiro atoms. The third-order valence-corrected chi connectivity index (χ3v) is 3.96. The fourth-order valence-corrected chi connectivity index (χ4v) is 3.11. The molecule has 112 valence electrons. The van der Waals surface area contributed by atoms with Crippen molar-refractivity contribution in [3.05, 3.63) is 29.6 Å². The van der Waals surface area contributed by atoms with Crippen LogP contribution in [0.25, 0.3) is 0 Å². The van der Waals surface area contributed by atoms with Crippen LogP contribution in [0.15, 0.2) is 18.3 Å². The summed E-state index contributed by atoms with van der Waals surface area (Å²) in [4.78, 5) is 4.62. The van der Waals surface area contributed by atoms with Gasteiger partial charge in [-0.3, -0.25) is 4.98 Å². The monoisotopic (exact) mass is 278 g/mol. The van der Waals surface area contributed by atoms with E-state index in [1.807, 2.05) is 33.2 Å². The summed E-state index contributed by atoms with van der Waals surface area (Å²) in [6, 6.07) is 4.36. The molecule has 1 aromatic rings. The second-order valence-corrected chi connectivity index (χ2v) is 5.14.